The molecule has 0 radical (unpaired) electrons. The number of rotatable bonds is 3. The van der Waals surface area contributed by atoms with Crippen LogP contribution in [0.15, 0.2) is 34.7 Å². The van der Waals surface area contributed by atoms with E-state index in [1.165, 1.54) is 0 Å². The largest absolute Gasteiger partial charge is 0.423 e. The quantitative estimate of drug-likeness (QED) is 0.744. The van der Waals surface area contributed by atoms with Crippen LogP contribution >= 0.6 is 0 Å². The summed E-state index contributed by atoms with van der Waals surface area (Å²) in [6.45, 7) is 7.04. The van der Waals surface area contributed by atoms with E-state index in [0.29, 0.717) is 12.6 Å². The highest BCUT2D eigenvalue weighted by Gasteiger charge is 2.25. The van der Waals surface area contributed by atoms with E-state index in [-0.39, 0.29) is 6.10 Å². The molecule has 0 amide bonds. The number of oxazole rings is 1. The number of hydrogen-bond donors (Lipinski definition) is 0. The summed E-state index contributed by atoms with van der Waals surface area (Å²) in [5.41, 5.74) is 3.91. The SMILES string of the molecule is Cc1cc(C)n(C[C@H]2CN(c3nc4ccccc4o3)CCO2)n1. The Morgan fingerprint density at radius 3 is 2.91 bits per heavy atom. The first-order valence-corrected chi connectivity index (χ1v) is 7.92. The third kappa shape index (κ3) is 2.82. The van der Waals surface area contributed by atoms with Crippen molar-refractivity contribution in [1.29, 1.82) is 0 Å². The molecule has 0 N–H and O–H groups in total. The molecule has 1 fully saturated rings. The van der Waals surface area contributed by atoms with Crippen LogP contribution in [0, 0.1) is 13.8 Å². The number of para-hydroxylation sites is 2. The van der Waals surface area contributed by atoms with Gasteiger partial charge in [-0.05, 0) is 32.0 Å². The maximum absolute atomic E-state index is 5.90. The molecule has 23 heavy (non-hydrogen) atoms. The zero-order valence-corrected chi connectivity index (χ0v) is 13.4. The van der Waals surface area contributed by atoms with Gasteiger partial charge >= 0.3 is 0 Å². The Kier molecular flexibility index (Phi) is 3.53. The number of aromatic nitrogens is 3. The molecule has 0 bridgehead atoms. The minimum absolute atomic E-state index is 0.0803. The first-order chi connectivity index (χ1) is 11.2. The summed E-state index contributed by atoms with van der Waals surface area (Å²) < 4.78 is 13.8. The van der Waals surface area contributed by atoms with E-state index >= 15 is 0 Å². The Morgan fingerprint density at radius 2 is 2.13 bits per heavy atom. The van der Waals surface area contributed by atoms with Crippen molar-refractivity contribution in [2.45, 2.75) is 26.5 Å². The number of nitrogens with zero attached hydrogens (tertiary/aromatic N) is 4. The van der Waals surface area contributed by atoms with Gasteiger partial charge < -0.3 is 14.1 Å². The molecule has 1 aliphatic heterocycles. The smallest absolute Gasteiger partial charge is 0.298 e. The van der Waals surface area contributed by atoms with Gasteiger partial charge in [0, 0.05) is 12.2 Å². The predicted octanol–water partition coefficient (Wildman–Crippen LogP) is 2.55. The molecular weight excluding hydrogens is 292 g/mol. The maximum Gasteiger partial charge on any atom is 0.298 e. The Morgan fingerprint density at radius 1 is 1.26 bits per heavy atom. The zero-order valence-electron chi connectivity index (χ0n) is 13.4. The number of ether oxygens (including phenoxy) is 1. The van der Waals surface area contributed by atoms with Crippen LogP contribution in [-0.4, -0.2) is 40.6 Å². The van der Waals surface area contributed by atoms with Crippen molar-refractivity contribution in [2.75, 3.05) is 24.6 Å². The van der Waals surface area contributed by atoms with E-state index in [1.54, 1.807) is 0 Å². The monoisotopic (exact) mass is 312 g/mol. The number of fused-ring (bicyclic) bond motifs is 1. The van der Waals surface area contributed by atoms with Gasteiger partial charge in [-0.2, -0.15) is 10.1 Å². The highest BCUT2D eigenvalue weighted by atomic mass is 16.5. The molecule has 120 valence electrons. The molecule has 6 heteroatoms. The minimum atomic E-state index is 0.0803. The highest BCUT2D eigenvalue weighted by Crippen LogP contribution is 2.23. The van der Waals surface area contributed by atoms with Gasteiger partial charge in [-0.15, -0.1) is 0 Å². The molecule has 6 nitrogen and oxygen atoms in total. The summed E-state index contributed by atoms with van der Waals surface area (Å²) in [4.78, 5) is 6.73. The topological polar surface area (TPSA) is 56.3 Å². The molecular formula is C17H20N4O2. The van der Waals surface area contributed by atoms with Crippen molar-refractivity contribution >= 4 is 17.1 Å². The minimum Gasteiger partial charge on any atom is -0.423 e. The Labute approximate surface area is 134 Å². The molecule has 3 aromatic rings. The van der Waals surface area contributed by atoms with Crippen LogP contribution in [0.5, 0.6) is 0 Å². The van der Waals surface area contributed by atoms with Gasteiger partial charge in [0.2, 0.25) is 0 Å². The fourth-order valence-electron chi connectivity index (χ4n) is 3.05. The van der Waals surface area contributed by atoms with Crippen molar-refractivity contribution in [1.82, 2.24) is 14.8 Å². The van der Waals surface area contributed by atoms with Gasteiger partial charge in [0.1, 0.15) is 5.52 Å². The zero-order chi connectivity index (χ0) is 15.8. The summed E-state index contributed by atoms with van der Waals surface area (Å²) in [6.07, 6.45) is 0.0803. The van der Waals surface area contributed by atoms with Crippen LogP contribution in [0.1, 0.15) is 11.4 Å². The summed E-state index contributed by atoms with van der Waals surface area (Å²) in [5, 5.41) is 4.52. The first-order valence-electron chi connectivity index (χ1n) is 7.92. The molecule has 0 spiro atoms. The van der Waals surface area contributed by atoms with E-state index in [9.17, 15) is 0 Å². The molecule has 0 unspecified atom stereocenters. The van der Waals surface area contributed by atoms with E-state index < -0.39 is 0 Å². The molecule has 1 aromatic carbocycles. The molecule has 3 heterocycles. The van der Waals surface area contributed by atoms with Crippen molar-refractivity contribution in [2.24, 2.45) is 0 Å². The lowest BCUT2D eigenvalue weighted by Gasteiger charge is -2.32. The fourth-order valence-corrected chi connectivity index (χ4v) is 3.05. The number of benzene rings is 1. The van der Waals surface area contributed by atoms with Gasteiger partial charge in [-0.1, -0.05) is 12.1 Å². The molecule has 1 aliphatic rings. The molecule has 4 rings (SSSR count). The Bertz CT molecular complexity index is 790. The standard InChI is InChI=1S/C17H20N4O2/c1-12-9-13(2)21(19-12)11-14-10-20(7-8-22-14)17-18-15-5-3-4-6-16(15)23-17/h3-6,9,14H,7-8,10-11H2,1-2H3/t14-/m1/s1. The third-order valence-corrected chi connectivity index (χ3v) is 4.17. The number of morpholine rings is 1. The predicted molar refractivity (Wildman–Crippen MR) is 87.7 cm³/mol. The van der Waals surface area contributed by atoms with Gasteiger partial charge in [-0.3, -0.25) is 4.68 Å². The number of anilines is 1. The van der Waals surface area contributed by atoms with Gasteiger partial charge in [0.25, 0.3) is 6.01 Å². The average molecular weight is 312 g/mol. The van der Waals surface area contributed by atoms with Crippen LogP contribution in [-0.2, 0) is 11.3 Å². The van der Waals surface area contributed by atoms with Gasteiger partial charge in [0.15, 0.2) is 5.58 Å². The number of hydrogen-bond acceptors (Lipinski definition) is 5. The van der Waals surface area contributed by atoms with E-state index in [1.807, 2.05) is 35.9 Å². The second-order valence-electron chi connectivity index (χ2n) is 6.01. The van der Waals surface area contributed by atoms with Crippen molar-refractivity contribution in [3.8, 4) is 0 Å². The van der Waals surface area contributed by atoms with Crippen LogP contribution in [0.2, 0.25) is 0 Å². The van der Waals surface area contributed by atoms with Crippen molar-refractivity contribution < 1.29 is 9.15 Å². The van der Waals surface area contributed by atoms with Crippen LogP contribution in [0.3, 0.4) is 0 Å². The average Bonchev–Trinajstić information content (AvgIpc) is 3.11. The second-order valence-corrected chi connectivity index (χ2v) is 6.01. The molecule has 2 aromatic heterocycles. The molecule has 0 saturated carbocycles. The van der Waals surface area contributed by atoms with Gasteiger partial charge in [-0.25, -0.2) is 0 Å². The normalized spacial score (nSPS) is 18.7. The van der Waals surface area contributed by atoms with Gasteiger partial charge in [0.05, 0.1) is 31.5 Å². The third-order valence-electron chi connectivity index (χ3n) is 4.17. The summed E-state index contributed by atoms with van der Waals surface area (Å²) in [6, 6.07) is 10.6. The van der Waals surface area contributed by atoms with Crippen LogP contribution in [0.25, 0.3) is 11.1 Å². The summed E-state index contributed by atoms with van der Waals surface area (Å²) in [5.74, 6) is 0. The maximum atomic E-state index is 5.90. The van der Waals surface area contributed by atoms with E-state index in [0.717, 1.165) is 42.1 Å². The first kappa shape index (κ1) is 14.3. The van der Waals surface area contributed by atoms with E-state index in [2.05, 4.69) is 28.0 Å². The lowest BCUT2D eigenvalue weighted by atomic mass is 10.2. The summed E-state index contributed by atoms with van der Waals surface area (Å²) in [7, 11) is 0. The van der Waals surface area contributed by atoms with Crippen LogP contribution in [0.4, 0.5) is 6.01 Å². The summed E-state index contributed by atoms with van der Waals surface area (Å²) >= 11 is 0. The number of aryl methyl sites for hydroxylation is 2. The fraction of sp³-hybridized carbons (Fsp3) is 0.412. The molecule has 1 saturated heterocycles. The van der Waals surface area contributed by atoms with E-state index in [4.69, 9.17) is 9.15 Å². The Balaban J connectivity index is 1.51. The van der Waals surface area contributed by atoms with Crippen LogP contribution < -0.4 is 4.90 Å². The lowest BCUT2D eigenvalue weighted by molar-refractivity contribution is 0.0255. The molecule has 1 atom stereocenters. The highest BCUT2D eigenvalue weighted by molar-refractivity contribution is 5.74. The lowest BCUT2D eigenvalue weighted by Crippen LogP contribution is -2.44. The van der Waals surface area contributed by atoms with Crippen molar-refractivity contribution in [3.63, 3.8) is 0 Å². The van der Waals surface area contributed by atoms with Crippen molar-refractivity contribution in [3.05, 3.63) is 41.7 Å². The Hall–Kier alpha value is -2.34. The second kappa shape index (κ2) is 5.70. The molecule has 0 aliphatic carbocycles.